The molecule has 0 aliphatic carbocycles. The van der Waals surface area contributed by atoms with Crippen LogP contribution in [0, 0.1) is 0 Å². The maximum atomic E-state index is 10.8. The predicted molar refractivity (Wildman–Crippen MR) is 83.9 cm³/mol. The van der Waals surface area contributed by atoms with Gasteiger partial charge in [0.15, 0.2) is 5.16 Å². The second-order valence-corrected chi connectivity index (χ2v) is 6.28. The number of aryl methyl sites for hydroxylation is 1. The number of aromatic nitrogens is 4. The van der Waals surface area contributed by atoms with E-state index < -0.39 is 5.97 Å². The van der Waals surface area contributed by atoms with E-state index in [9.17, 15) is 4.79 Å². The first kappa shape index (κ1) is 14.2. The van der Waals surface area contributed by atoms with Crippen molar-refractivity contribution in [2.24, 2.45) is 7.05 Å². The number of nitrogens with zero attached hydrogens (tertiary/aromatic N) is 4. The third-order valence-electron chi connectivity index (χ3n) is 2.86. The van der Waals surface area contributed by atoms with Crippen molar-refractivity contribution >= 4 is 44.7 Å². The molecule has 0 aliphatic rings. The minimum Gasteiger partial charge on any atom is -0.481 e. The molecule has 6 nitrogen and oxygen atoms in total. The Kier molecular flexibility index (Phi) is 3.73. The molecule has 1 N–H and O–H groups in total. The van der Waals surface area contributed by atoms with E-state index in [-0.39, 0.29) is 5.75 Å². The van der Waals surface area contributed by atoms with Gasteiger partial charge >= 0.3 is 5.97 Å². The summed E-state index contributed by atoms with van der Waals surface area (Å²) < 4.78 is 4.55. The van der Waals surface area contributed by atoms with Crippen LogP contribution in [0.3, 0.4) is 0 Å². The molecule has 2 aromatic heterocycles. The van der Waals surface area contributed by atoms with Gasteiger partial charge in [0.25, 0.3) is 0 Å². The lowest BCUT2D eigenvalue weighted by Gasteiger charge is -2.04. The molecule has 0 amide bonds. The highest BCUT2D eigenvalue weighted by Crippen LogP contribution is 2.29. The van der Waals surface area contributed by atoms with Gasteiger partial charge in [-0.25, -0.2) is 4.98 Å². The van der Waals surface area contributed by atoms with E-state index in [1.54, 1.807) is 10.9 Å². The number of carboxylic acids is 1. The number of carboxylic acid groups (broad SMARTS) is 1. The standard InChI is InChI=1S/C13H11BrN4O2S/c1-17-6-9(5-15-17)18-11-3-2-8(14)4-10(11)16-13(18)21-7-12(19)20/h2-6H,7H2,1H3,(H,19,20). The molecule has 0 saturated heterocycles. The average Bonchev–Trinajstić information content (AvgIpc) is 2.98. The number of carbonyl (C=O) groups is 1. The van der Waals surface area contributed by atoms with Crippen LogP contribution in [-0.4, -0.2) is 36.2 Å². The summed E-state index contributed by atoms with van der Waals surface area (Å²) in [6, 6.07) is 5.79. The molecular weight excluding hydrogens is 356 g/mol. The second kappa shape index (κ2) is 5.53. The maximum Gasteiger partial charge on any atom is 0.313 e. The first-order valence-electron chi connectivity index (χ1n) is 6.06. The van der Waals surface area contributed by atoms with E-state index in [0.717, 1.165) is 21.2 Å². The molecule has 3 rings (SSSR count). The molecule has 0 saturated carbocycles. The summed E-state index contributed by atoms with van der Waals surface area (Å²) >= 11 is 4.61. The fourth-order valence-corrected chi connectivity index (χ4v) is 3.13. The normalized spacial score (nSPS) is 11.1. The minimum atomic E-state index is -0.869. The number of thioether (sulfide) groups is 1. The van der Waals surface area contributed by atoms with Gasteiger partial charge in [-0.2, -0.15) is 5.10 Å². The van der Waals surface area contributed by atoms with Gasteiger partial charge in [-0.15, -0.1) is 0 Å². The zero-order chi connectivity index (χ0) is 15.0. The van der Waals surface area contributed by atoms with E-state index in [0.29, 0.717) is 5.16 Å². The zero-order valence-electron chi connectivity index (χ0n) is 11.0. The lowest BCUT2D eigenvalue weighted by molar-refractivity contribution is -0.133. The van der Waals surface area contributed by atoms with Crippen molar-refractivity contribution in [3.8, 4) is 5.69 Å². The van der Waals surface area contributed by atoms with Crippen LogP contribution in [0.1, 0.15) is 0 Å². The van der Waals surface area contributed by atoms with E-state index in [1.807, 2.05) is 36.0 Å². The minimum absolute atomic E-state index is 0.0370. The molecule has 0 radical (unpaired) electrons. The van der Waals surface area contributed by atoms with Crippen LogP contribution in [0.25, 0.3) is 16.7 Å². The molecule has 108 valence electrons. The van der Waals surface area contributed by atoms with E-state index >= 15 is 0 Å². The van der Waals surface area contributed by atoms with Crippen LogP contribution in [0.5, 0.6) is 0 Å². The largest absolute Gasteiger partial charge is 0.481 e. The molecule has 3 aromatic rings. The highest BCUT2D eigenvalue weighted by Gasteiger charge is 2.15. The topological polar surface area (TPSA) is 72.9 Å². The Morgan fingerprint density at radius 1 is 1.48 bits per heavy atom. The smallest absolute Gasteiger partial charge is 0.313 e. The molecule has 1 aromatic carbocycles. The number of halogens is 1. The number of rotatable bonds is 4. The van der Waals surface area contributed by atoms with Crippen molar-refractivity contribution in [1.82, 2.24) is 19.3 Å². The van der Waals surface area contributed by atoms with Crippen molar-refractivity contribution in [2.75, 3.05) is 5.75 Å². The zero-order valence-corrected chi connectivity index (χ0v) is 13.4. The van der Waals surface area contributed by atoms with Crippen LogP contribution >= 0.6 is 27.7 Å². The Labute approximate surface area is 132 Å². The van der Waals surface area contributed by atoms with Gasteiger partial charge in [-0.05, 0) is 18.2 Å². The third-order valence-corrected chi connectivity index (χ3v) is 4.28. The Morgan fingerprint density at radius 3 is 2.95 bits per heavy atom. The van der Waals surface area contributed by atoms with Crippen molar-refractivity contribution in [3.63, 3.8) is 0 Å². The van der Waals surface area contributed by atoms with Gasteiger partial charge in [0, 0.05) is 17.7 Å². The van der Waals surface area contributed by atoms with Gasteiger partial charge in [0.2, 0.25) is 0 Å². The van der Waals surface area contributed by atoms with Gasteiger partial charge in [0.05, 0.1) is 28.7 Å². The number of fused-ring (bicyclic) bond motifs is 1. The molecule has 0 atom stereocenters. The van der Waals surface area contributed by atoms with E-state index in [1.165, 1.54) is 11.8 Å². The molecule has 0 bridgehead atoms. The summed E-state index contributed by atoms with van der Waals surface area (Å²) in [6.45, 7) is 0. The van der Waals surface area contributed by atoms with Crippen molar-refractivity contribution in [2.45, 2.75) is 5.16 Å². The van der Waals surface area contributed by atoms with Gasteiger partial charge in [-0.3, -0.25) is 14.0 Å². The number of aliphatic carboxylic acids is 1. The van der Waals surface area contributed by atoms with Crippen LogP contribution in [-0.2, 0) is 11.8 Å². The number of hydrogen-bond acceptors (Lipinski definition) is 4. The number of hydrogen-bond donors (Lipinski definition) is 1. The quantitative estimate of drug-likeness (QED) is 0.718. The first-order chi connectivity index (χ1) is 10.0. The molecule has 0 aliphatic heterocycles. The molecular formula is C13H11BrN4O2S. The molecule has 0 spiro atoms. The molecule has 2 heterocycles. The molecule has 0 unspecified atom stereocenters. The highest BCUT2D eigenvalue weighted by atomic mass is 79.9. The van der Waals surface area contributed by atoms with Crippen LogP contribution in [0.15, 0.2) is 40.2 Å². The summed E-state index contributed by atoms with van der Waals surface area (Å²) in [6.07, 6.45) is 3.60. The van der Waals surface area contributed by atoms with E-state index in [2.05, 4.69) is 26.0 Å². The second-order valence-electron chi connectivity index (χ2n) is 4.42. The molecule has 0 fully saturated rings. The summed E-state index contributed by atoms with van der Waals surface area (Å²) in [5.74, 6) is -0.906. The summed E-state index contributed by atoms with van der Waals surface area (Å²) in [5, 5.41) is 13.7. The van der Waals surface area contributed by atoms with Crippen LogP contribution < -0.4 is 0 Å². The van der Waals surface area contributed by atoms with Gasteiger partial charge in [-0.1, -0.05) is 27.7 Å². The Morgan fingerprint density at radius 2 is 2.29 bits per heavy atom. The highest BCUT2D eigenvalue weighted by molar-refractivity contribution is 9.10. The SMILES string of the molecule is Cn1cc(-n2c(SCC(=O)O)nc3cc(Br)ccc32)cn1. The van der Waals surface area contributed by atoms with Crippen LogP contribution in [0.4, 0.5) is 0 Å². The lowest BCUT2D eigenvalue weighted by atomic mass is 10.3. The summed E-state index contributed by atoms with van der Waals surface area (Å²) in [4.78, 5) is 15.3. The summed E-state index contributed by atoms with van der Waals surface area (Å²) in [5.41, 5.74) is 2.58. The van der Waals surface area contributed by atoms with Crippen molar-refractivity contribution in [1.29, 1.82) is 0 Å². The lowest BCUT2D eigenvalue weighted by Crippen LogP contribution is -2.01. The Balaban J connectivity index is 2.17. The third kappa shape index (κ3) is 2.81. The van der Waals surface area contributed by atoms with Gasteiger partial charge < -0.3 is 5.11 Å². The van der Waals surface area contributed by atoms with E-state index in [4.69, 9.17) is 5.11 Å². The van der Waals surface area contributed by atoms with Crippen molar-refractivity contribution < 1.29 is 9.90 Å². The van der Waals surface area contributed by atoms with Crippen molar-refractivity contribution in [3.05, 3.63) is 35.1 Å². The Hall–Kier alpha value is -1.80. The number of benzene rings is 1. The fourth-order valence-electron chi connectivity index (χ4n) is 2.03. The molecule has 8 heteroatoms. The monoisotopic (exact) mass is 366 g/mol. The molecule has 21 heavy (non-hydrogen) atoms. The first-order valence-corrected chi connectivity index (χ1v) is 7.84. The number of imidazole rings is 1. The van der Waals surface area contributed by atoms with Crippen LogP contribution in [0.2, 0.25) is 0 Å². The fraction of sp³-hybridized carbons (Fsp3) is 0.154. The predicted octanol–water partition coefficient (Wildman–Crippen LogP) is 2.70. The average molecular weight is 367 g/mol. The summed E-state index contributed by atoms with van der Waals surface area (Å²) in [7, 11) is 1.84. The van der Waals surface area contributed by atoms with Gasteiger partial charge in [0.1, 0.15) is 0 Å². The maximum absolute atomic E-state index is 10.8. The Bertz CT molecular complexity index is 827.